The van der Waals surface area contributed by atoms with Crippen LogP contribution in [-0.4, -0.2) is 15.0 Å². The molecule has 1 heterocycles. The first-order valence-electron chi connectivity index (χ1n) is 6.37. The third kappa shape index (κ3) is 2.49. The lowest BCUT2D eigenvalue weighted by atomic mass is 10.1. The molecule has 104 valence electrons. The Bertz CT molecular complexity index is 791. The minimum atomic E-state index is -0.386. The SMILES string of the molecule is O=[N+]([O-])c1ccccc1-c1c[nH]c(-c2ccc(O)cc2)c1. The number of hydrogen-bond acceptors (Lipinski definition) is 3. The summed E-state index contributed by atoms with van der Waals surface area (Å²) in [7, 11) is 0. The Kier molecular flexibility index (Phi) is 3.16. The number of phenols is 1. The average Bonchev–Trinajstić information content (AvgIpc) is 2.97. The first kappa shape index (κ1) is 12.9. The number of aromatic nitrogens is 1. The van der Waals surface area contributed by atoms with Gasteiger partial charge in [-0.1, -0.05) is 12.1 Å². The molecule has 5 nitrogen and oxygen atoms in total. The van der Waals surface area contributed by atoms with E-state index < -0.39 is 0 Å². The highest BCUT2D eigenvalue weighted by Crippen LogP contribution is 2.32. The summed E-state index contributed by atoms with van der Waals surface area (Å²) in [6.07, 6.45) is 1.74. The molecule has 0 bridgehead atoms. The van der Waals surface area contributed by atoms with Gasteiger partial charge in [-0.15, -0.1) is 0 Å². The number of nitro groups is 1. The van der Waals surface area contributed by atoms with Gasteiger partial charge in [-0.25, -0.2) is 0 Å². The maximum absolute atomic E-state index is 11.1. The van der Waals surface area contributed by atoms with Crippen molar-refractivity contribution in [1.82, 2.24) is 4.98 Å². The minimum absolute atomic E-state index is 0.0776. The molecule has 0 amide bonds. The van der Waals surface area contributed by atoms with Gasteiger partial charge in [0.1, 0.15) is 5.75 Å². The lowest BCUT2D eigenvalue weighted by Gasteiger charge is -1.99. The number of H-pyrrole nitrogens is 1. The van der Waals surface area contributed by atoms with Crippen molar-refractivity contribution in [2.45, 2.75) is 0 Å². The van der Waals surface area contributed by atoms with E-state index >= 15 is 0 Å². The van der Waals surface area contributed by atoms with E-state index in [0.717, 1.165) is 16.8 Å². The molecule has 0 aliphatic rings. The van der Waals surface area contributed by atoms with Gasteiger partial charge in [0.15, 0.2) is 0 Å². The molecule has 3 rings (SSSR count). The van der Waals surface area contributed by atoms with Crippen molar-refractivity contribution >= 4 is 5.69 Å². The summed E-state index contributed by atoms with van der Waals surface area (Å²) in [5.41, 5.74) is 3.14. The van der Waals surface area contributed by atoms with Crippen LogP contribution in [0.5, 0.6) is 5.75 Å². The monoisotopic (exact) mass is 280 g/mol. The second kappa shape index (κ2) is 5.13. The number of nitro benzene ring substituents is 1. The average molecular weight is 280 g/mol. The highest BCUT2D eigenvalue weighted by Gasteiger charge is 2.15. The zero-order chi connectivity index (χ0) is 14.8. The molecule has 0 saturated carbocycles. The van der Waals surface area contributed by atoms with Crippen LogP contribution < -0.4 is 0 Å². The van der Waals surface area contributed by atoms with Gasteiger partial charge in [-0.3, -0.25) is 10.1 Å². The minimum Gasteiger partial charge on any atom is -0.508 e. The van der Waals surface area contributed by atoms with E-state index in [2.05, 4.69) is 4.98 Å². The van der Waals surface area contributed by atoms with Gasteiger partial charge < -0.3 is 10.1 Å². The molecule has 21 heavy (non-hydrogen) atoms. The summed E-state index contributed by atoms with van der Waals surface area (Å²) in [6, 6.07) is 15.3. The molecular formula is C16H12N2O3. The molecule has 0 radical (unpaired) electrons. The standard InChI is InChI=1S/C16H12N2O3/c19-13-7-5-11(6-8-13)15-9-12(10-17-15)14-3-1-2-4-16(14)18(20)21/h1-10,17,19H. The summed E-state index contributed by atoms with van der Waals surface area (Å²) < 4.78 is 0. The summed E-state index contributed by atoms with van der Waals surface area (Å²) >= 11 is 0. The molecule has 2 aromatic carbocycles. The van der Waals surface area contributed by atoms with Crippen molar-refractivity contribution in [1.29, 1.82) is 0 Å². The number of benzene rings is 2. The highest BCUT2D eigenvalue weighted by atomic mass is 16.6. The number of aromatic hydroxyl groups is 1. The predicted octanol–water partition coefficient (Wildman–Crippen LogP) is 3.96. The predicted molar refractivity (Wildman–Crippen MR) is 80.0 cm³/mol. The van der Waals surface area contributed by atoms with Crippen molar-refractivity contribution in [3.63, 3.8) is 0 Å². The van der Waals surface area contributed by atoms with Gasteiger partial charge >= 0.3 is 0 Å². The number of phenolic OH excluding ortho intramolecular Hbond substituents is 1. The summed E-state index contributed by atoms with van der Waals surface area (Å²) in [4.78, 5) is 13.8. The second-order valence-electron chi connectivity index (χ2n) is 4.62. The molecule has 3 aromatic rings. The van der Waals surface area contributed by atoms with Crippen molar-refractivity contribution in [3.8, 4) is 28.1 Å². The van der Waals surface area contributed by atoms with Crippen LogP contribution in [0, 0.1) is 10.1 Å². The van der Waals surface area contributed by atoms with Crippen LogP contribution in [0.25, 0.3) is 22.4 Å². The molecule has 2 N–H and O–H groups in total. The molecule has 0 fully saturated rings. The lowest BCUT2D eigenvalue weighted by Crippen LogP contribution is -1.90. The fraction of sp³-hybridized carbons (Fsp3) is 0. The van der Waals surface area contributed by atoms with Gasteiger partial charge in [0.05, 0.1) is 10.5 Å². The van der Waals surface area contributed by atoms with Gasteiger partial charge in [-0.05, 0) is 42.0 Å². The number of nitrogens with one attached hydrogen (secondary N) is 1. The van der Waals surface area contributed by atoms with Crippen LogP contribution >= 0.6 is 0 Å². The Morgan fingerprint density at radius 1 is 1.00 bits per heavy atom. The van der Waals surface area contributed by atoms with E-state index in [1.807, 2.05) is 6.07 Å². The Morgan fingerprint density at radius 2 is 1.71 bits per heavy atom. The van der Waals surface area contributed by atoms with Gasteiger partial charge in [0.25, 0.3) is 5.69 Å². The van der Waals surface area contributed by atoms with Crippen LogP contribution in [0.15, 0.2) is 60.8 Å². The van der Waals surface area contributed by atoms with E-state index in [1.54, 1.807) is 48.7 Å². The van der Waals surface area contributed by atoms with Gasteiger partial charge in [0.2, 0.25) is 0 Å². The number of rotatable bonds is 3. The second-order valence-corrected chi connectivity index (χ2v) is 4.62. The largest absolute Gasteiger partial charge is 0.508 e. The van der Waals surface area contributed by atoms with Crippen LogP contribution in [0.2, 0.25) is 0 Å². The summed E-state index contributed by atoms with van der Waals surface area (Å²) in [6.45, 7) is 0. The molecule has 0 spiro atoms. The maximum Gasteiger partial charge on any atom is 0.277 e. The third-order valence-corrected chi connectivity index (χ3v) is 3.27. The summed E-state index contributed by atoms with van der Waals surface area (Å²) in [5, 5.41) is 20.4. The molecule has 0 unspecified atom stereocenters. The molecule has 0 atom stereocenters. The van der Waals surface area contributed by atoms with E-state index in [-0.39, 0.29) is 16.4 Å². The summed E-state index contributed by atoms with van der Waals surface area (Å²) in [5.74, 6) is 0.198. The molecule has 0 aliphatic heterocycles. The number of aromatic amines is 1. The topological polar surface area (TPSA) is 79.2 Å². The lowest BCUT2D eigenvalue weighted by molar-refractivity contribution is -0.384. The number of hydrogen-bond donors (Lipinski definition) is 2. The normalized spacial score (nSPS) is 10.5. The zero-order valence-electron chi connectivity index (χ0n) is 11.0. The van der Waals surface area contributed by atoms with E-state index in [0.29, 0.717) is 5.56 Å². The van der Waals surface area contributed by atoms with Gasteiger partial charge in [0, 0.05) is 23.5 Å². The molecular weight excluding hydrogens is 268 g/mol. The Hall–Kier alpha value is -3.08. The van der Waals surface area contributed by atoms with Crippen LogP contribution in [0.3, 0.4) is 0 Å². The first-order chi connectivity index (χ1) is 10.1. The van der Waals surface area contributed by atoms with Crippen molar-refractivity contribution in [3.05, 3.63) is 70.9 Å². The fourth-order valence-corrected chi connectivity index (χ4v) is 2.23. The van der Waals surface area contributed by atoms with Gasteiger partial charge in [-0.2, -0.15) is 0 Å². The zero-order valence-corrected chi connectivity index (χ0v) is 11.0. The Balaban J connectivity index is 2.03. The third-order valence-electron chi connectivity index (χ3n) is 3.27. The molecule has 5 heteroatoms. The first-order valence-corrected chi connectivity index (χ1v) is 6.37. The number of para-hydroxylation sites is 1. The Morgan fingerprint density at radius 3 is 2.43 bits per heavy atom. The molecule has 0 saturated heterocycles. The van der Waals surface area contributed by atoms with E-state index in [1.165, 1.54) is 6.07 Å². The maximum atomic E-state index is 11.1. The Labute approximate surface area is 120 Å². The van der Waals surface area contributed by atoms with Crippen molar-refractivity contribution in [2.75, 3.05) is 0 Å². The van der Waals surface area contributed by atoms with Crippen LogP contribution in [0.4, 0.5) is 5.69 Å². The van der Waals surface area contributed by atoms with Crippen LogP contribution in [-0.2, 0) is 0 Å². The number of nitrogens with zero attached hydrogens (tertiary/aromatic N) is 1. The molecule has 1 aromatic heterocycles. The fourth-order valence-electron chi connectivity index (χ4n) is 2.23. The molecule has 0 aliphatic carbocycles. The smallest absolute Gasteiger partial charge is 0.277 e. The van der Waals surface area contributed by atoms with Crippen LogP contribution in [0.1, 0.15) is 0 Å². The van der Waals surface area contributed by atoms with Crippen molar-refractivity contribution in [2.24, 2.45) is 0 Å². The van der Waals surface area contributed by atoms with Crippen molar-refractivity contribution < 1.29 is 10.0 Å². The van der Waals surface area contributed by atoms with E-state index in [4.69, 9.17) is 0 Å². The van der Waals surface area contributed by atoms with E-state index in [9.17, 15) is 15.2 Å². The highest BCUT2D eigenvalue weighted by molar-refractivity contribution is 5.77. The quantitative estimate of drug-likeness (QED) is 0.563.